The topological polar surface area (TPSA) is 52.3 Å². The Kier molecular flexibility index (Phi) is 4.70. The molecular weight excluding hydrogens is 269 g/mol. The largest absolute Gasteiger partial charge is 0.494 e. The maximum Gasteiger partial charge on any atom is 0.167 e. The maximum absolute atomic E-state index is 13.7. The van der Waals surface area contributed by atoms with Crippen molar-refractivity contribution in [2.45, 2.75) is 13.0 Å². The molecule has 0 spiro atoms. The fourth-order valence-electron chi connectivity index (χ4n) is 2.21. The van der Waals surface area contributed by atoms with Crippen molar-refractivity contribution in [3.63, 3.8) is 0 Å². The molecule has 0 radical (unpaired) electrons. The molecule has 2 rings (SSSR count). The molecule has 0 saturated heterocycles. The molecule has 0 bridgehead atoms. The number of Topliss-reactive ketones (excluding diaryl/α,β-unsaturated/α-hetero) is 1. The molecule has 0 heterocycles. The molecule has 2 N–H and O–H groups in total. The van der Waals surface area contributed by atoms with E-state index in [4.69, 9.17) is 10.5 Å². The number of nitrogens with two attached hydrogens (primary N) is 1. The number of rotatable bonds is 5. The Balaban J connectivity index is 2.21. The lowest BCUT2D eigenvalue weighted by Gasteiger charge is -2.19. The highest BCUT2D eigenvalue weighted by Gasteiger charge is 2.24. The van der Waals surface area contributed by atoms with Crippen LogP contribution in [0, 0.1) is 11.7 Å². The second-order valence-electron chi connectivity index (χ2n) is 4.94. The molecule has 0 saturated carbocycles. The van der Waals surface area contributed by atoms with Gasteiger partial charge >= 0.3 is 0 Å². The van der Waals surface area contributed by atoms with Gasteiger partial charge in [0, 0.05) is 17.5 Å². The van der Waals surface area contributed by atoms with Gasteiger partial charge in [-0.05, 0) is 23.8 Å². The van der Waals surface area contributed by atoms with Crippen LogP contribution >= 0.6 is 0 Å². The zero-order valence-electron chi connectivity index (χ0n) is 12.0. The summed E-state index contributed by atoms with van der Waals surface area (Å²) in [5.41, 5.74) is 7.31. The highest BCUT2D eigenvalue weighted by molar-refractivity contribution is 5.98. The molecule has 3 nitrogen and oxygen atoms in total. The summed E-state index contributed by atoms with van der Waals surface area (Å²) < 4.78 is 18.5. The van der Waals surface area contributed by atoms with Gasteiger partial charge in [0.1, 0.15) is 0 Å². The predicted octanol–water partition coefficient (Wildman–Crippen LogP) is 3.35. The molecule has 0 amide bonds. The Labute approximate surface area is 123 Å². The van der Waals surface area contributed by atoms with E-state index in [1.165, 1.54) is 19.2 Å². The Morgan fingerprint density at radius 2 is 1.86 bits per heavy atom. The molecule has 2 unspecified atom stereocenters. The van der Waals surface area contributed by atoms with Crippen LogP contribution in [0.4, 0.5) is 4.39 Å². The zero-order valence-corrected chi connectivity index (χ0v) is 12.0. The highest BCUT2D eigenvalue weighted by Crippen LogP contribution is 2.25. The van der Waals surface area contributed by atoms with Crippen LogP contribution < -0.4 is 10.5 Å². The third-order valence-corrected chi connectivity index (χ3v) is 3.57. The quantitative estimate of drug-likeness (QED) is 0.858. The predicted molar refractivity (Wildman–Crippen MR) is 79.8 cm³/mol. The number of ketones is 1. The first-order chi connectivity index (χ1) is 10.0. The summed E-state index contributed by atoms with van der Waals surface area (Å²) in [6.45, 7) is 1.75. The average molecular weight is 287 g/mol. The minimum atomic E-state index is -0.552. The van der Waals surface area contributed by atoms with Gasteiger partial charge in [-0.1, -0.05) is 37.3 Å². The van der Waals surface area contributed by atoms with E-state index >= 15 is 0 Å². The summed E-state index contributed by atoms with van der Waals surface area (Å²) in [5, 5.41) is 0. The van der Waals surface area contributed by atoms with Gasteiger partial charge in [-0.25, -0.2) is 4.39 Å². The van der Waals surface area contributed by atoms with Crippen molar-refractivity contribution in [2.75, 3.05) is 7.11 Å². The first-order valence-corrected chi connectivity index (χ1v) is 6.73. The summed E-state index contributed by atoms with van der Waals surface area (Å²) in [6, 6.07) is 13.2. The second kappa shape index (κ2) is 6.50. The van der Waals surface area contributed by atoms with Crippen LogP contribution in [-0.4, -0.2) is 12.9 Å². The standard InChI is InChI=1S/C17H18FNO2/c1-11(16(19)12-6-4-3-5-7-12)17(20)13-8-9-15(21-2)14(18)10-13/h3-11,16H,19H2,1-2H3. The van der Waals surface area contributed by atoms with Crippen molar-refractivity contribution in [3.05, 3.63) is 65.5 Å². The second-order valence-corrected chi connectivity index (χ2v) is 4.94. The van der Waals surface area contributed by atoms with Gasteiger partial charge in [0.15, 0.2) is 17.3 Å². The van der Waals surface area contributed by atoms with Crippen LogP contribution in [0.15, 0.2) is 48.5 Å². The molecule has 21 heavy (non-hydrogen) atoms. The average Bonchev–Trinajstić information content (AvgIpc) is 2.53. The molecule has 110 valence electrons. The molecule has 2 atom stereocenters. The molecule has 4 heteroatoms. The monoisotopic (exact) mass is 287 g/mol. The van der Waals surface area contributed by atoms with Crippen LogP contribution in [0.2, 0.25) is 0 Å². The van der Waals surface area contributed by atoms with Gasteiger partial charge in [0.2, 0.25) is 0 Å². The normalized spacial score (nSPS) is 13.5. The fraction of sp³-hybridized carbons (Fsp3) is 0.235. The summed E-state index contributed by atoms with van der Waals surface area (Å²) in [4.78, 5) is 12.4. The van der Waals surface area contributed by atoms with E-state index in [-0.39, 0.29) is 11.5 Å². The number of methoxy groups -OCH3 is 1. The van der Waals surface area contributed by atoms with Gasteiger partial charge in [-0.2, -0.15) is 0 Å². The molecule has 0 aliphatic heterocycles. The maximum atomic E-state index is 13.7. The van der Waals surface area contributed by atoms with Crippen LogP contribution in [0.5, 0.6) is 5.75 Å². The van der Waals surface area contributed by atoms with Crippen LogP contribution in [0.1, 0.15) is 28.9 Å². The summed E-state index contributed by atoms with van der Waals surface area (Å²) in [5.74, 6) is -1.07. The molecule has 2 aromatic rings. The molecule has 0 aliphatic carbocycles. The van der Waals surface area contributed by atoms with Gasteiger partial charge in [0.25, 0.3) is 0 Å². The molecule has 2 aromatic carbocycles. The van der Waals surface area contributed by atoms with E-state index in [0.717, 1.165) is 5.56 Å². The van der Waals surface area contributed by atoms with Gasteiger partial charge < -0.3 is 10.5 Å². The van der Waals surface area contributed by atoms with E-state index in [1.54, 1.807) is 13.0 Å². The highest BCUT2D eigenvalue weighted by atomic mass is 19.1. The Hall–Kier alpha value is -2.20. The van der Waals surface area contributed by atoms with Gasteiger partial charge in [0.05, 0.1) is 7.11 Å². The van der Waals surface area contributed by atoms with E-state index in [1.807, 2.05) is 30.3 Å². The number of carbonyl (C=O) groups is 1. The number of hydrogen-bond acceptors (Lipinski definition) is 3. The SMILES string of the molecule is COc1ccc(C(=O)C(C)C(N)c2ccccc2)cc1F. The Morgan fingerprint density at radius 1 is 1.19 bits per heavy atom. The smallest absolute Gasteiger partial charge is 0.167 e. The minimum absolute atomic E-state index is 0.117. The lowest BCUT2D eigenvalue weighted by Crippen LogP contribution is -2.26. The van der Waals surface area contributed by atoms with Gasteiger partial charge in [-0.3, -0.25) is 4.79 Å². The fourth-order valence-corrected chi connectivity index (χ4v) is 2.21. The van der Waals surface area contributed by atoms with Crippen molar-refractivity contribution in [1.29, 1.82) is 0 Å². The van der Waals surface area contributed by atoms with E-state index in [0.29, 0.717) is 5.56 Å². The first kappa shape index (κ1) is 15.2. The van der Waals surface area contributed by atoms with Crippen molar-refractivity contribution in [1.82, 2.24) is 0 Å². The summed E-state index contributed by atoms with van der Waals surface area (Å²) >= 11 is 0. The van der Waals surface area contributed by atoms with Crippen molar-refractivity contribution in [3.8, 4) is 5.75 Å². The lowest BCUT2D eigenvalue weighted by molar-refractivity contribution is 0.0912. The van der Waals surface area contributed by atoms with E-state index in [2.05, 4.69) is 0 Å². The third kappa shape index (κ3) is 3.28. The summed E-state index contributed by atoms with van der Waals surface area (Å²) in [6.07, 6.45) is 0. The lowest BCUT2D eigenvalue weighted by atomic mass is 9.88. The van der Waals surface area contributed by atoms with Gasteiger partial charge in [-0.15, -0.1) is 0 Å². The number of benzene rings is 2. The van der Waals surface area contributed by atoms with Crippen molar-refractivity contribution in [2.24, 2.45) is 11.7 Å². The van der Waals surface area contributed by atoms with Crippen LogP contribution in [-0.2, 0) is 0 Å². The zero-order chi connectivity index (χ0) is 15.4. The summed E-state index contributed by atoms with van der Waals surface area (Å²) in [7, 11) is 1.38. The van der Waals surface area contributed by atoms with Crippen molar-refractivity contribution >= 4 is 5.78 Å². The third-order valence-electron chi connectivity index (χ3n) is 3.57. The van der Waals surface area contributed by atoms with Crippen LogP contribution in [0.25, 0.3) is 0 Å². The number of hydrogen-bond donors (Lipinski definition) is 1. The number of ether oxygens (including phenoxy) is 1. The van der Waals surface area contributed by atoms with E-state index in [9.17, 15) is 9.18 Å². The number of halogens is 1. The van der Waals surface area contributed by atoms with E-state index < -0.39 is 17.8 Å². The van der Waals surface area contributed by atoms with Crippen LogP contribution in [0.3, 0.4) is 0 Å². The minimum Gasteiger partial charge on any atom is -0.494 e. The molecule has 0 aromatic heterocycles. The molecular formula is C17H18FNO2. The molecule has 0 fully saturated rings. The number of carbonyl (C=O) groups excluding carboxylic acids is 1. The Morgan fingerprint density at radius 3 is 2.43 bits per heavy atom. The first-order valence-electron chi connectivity index (χ1n) is 6.73. The Bertz CT molecular complexity index is 628. The molecule has 0 aliphatic rings. The van der Waals surface area contributed by atoms with Crippen molar-refractivity contribution < 1.29 is 13.9 Å².